The van der Waals surface area contributed by atoms with E-state index in [0.29, 0.717) is 21.6 Å². The normalized spacial score (nSPS) is 10.7. The largest absolute Gasteiger partial charge is 0.451 e. The van der Waals surface area contributed by atoms with Gasteiger partial charge in [0.2, 0.25) is 5.91 Å². The molecule has 7 nitrogen and oxygen atoms in total. The zero-order valence-electron chi connectivity index (χ0n) is 17.0. The Kier molecular flexibility index (Phi) is 6.22. The molecule has 0 radical (unpaired) electrons. The summed E-state index contributed by atoms with van der Waals surface area (Å²) >= 11 is 12.8. The van der Waals surface area contributed by atoms with Crippen LogP contribution in [0.3, 0.4) is 0 Å². The number of thiazole rings is 1. The van der Waals surface area contributed by atoms with Crippen molar-refractivity contribution in [1.82, 2.24) is 10.3 Å². The molecule has 2 aromatic carbocycles. The average Bonchev–Trinajstić information content (AvgIpc) is 3.36. The number of aromatic nitrogens is 1. The highest BCUT2D eigenvalue weighted by atomic mass is 35.5. The number of furan rings is 1. The molecular weight excluding hydrogens is 468 g/mol. The van der Waals surface area contributed by atoms with Crippen molar-refractivity contribution in [2.75, 3.05) is 10.6 Å². The molecule has 4 rings (SSSR count). The molecule has 0 spiro atoms. The van der Waals surface area contributed by atoms with Crippen molar-refractivity contribution in [3.8, 4) is 11.3 Å². The van der Waals surface area contributed by atoms with Gasteiger partial charge in [-0.2, -0.15) is 0 Å². The molecule has 2 heterocycles. The van der Waals surface area contributed by atoms with Gasteiger partial charge in [-0.15, -0.1) is 0 Å². The summed E-state index contributed by atoms with van der Waals surface area (Å²) in [6.07, 6.45) is 0. The highest BCUT2D eigenvalue weighted by molar-refractivity contribution is 7.80. The first-order valence-corrected chi connectivity index (χ1v) is 11.1. The molecule has 0 aliphatic rings. The van der Waals surface area contributed by atoms with E-state index in [4.69, 9.17) is 28.2 Å². The summed E-state index contributed by atoms with van der Waals surface area (Å²) in [7, 11) is 0. The number of halogens is 1. The lowest BCUT2D eigenvalue weighted by molar-refractivity contribution is -0.114. The summed E-state index contributed by atoms with van der Waals surface area (Å²) in [5, 5.41) is 9.44. The first-order chi connectivity index (χ1) is 15.3. The van der Waals surface area contributed by atoms with Crippen LogP contribution in [0.15, 0.2) is 52.9 Å². The van der Waals surface area contributed by atoms with Crippen molar-refractivity contribution in [2.24, 2.45) is 0 Å². The summed E-state index contributed by atoms with van der Waals surface area (Å²) in [5.74, 6) is 0.00542. The van der Waals surface area contributed by atoms with Gasteiger partial charge in [0, 0.05) is 23.2 Å². The second kappa shape index (κ2) is 9.07. The molecule has 32 heavy (non-hydrogen) atoms. The molecule has 10 heteroatoms. The fourth-order valence-corrected chi connectivity index (χ4v) is 4.26. The number of hydrogen-bond acceptors (Lipinski definition) is 6. The van der Waals surface area contributed by atoms with Gasteiger partial charge in [-0.3, -0.25) is 14.9 Å². The molecule has 4 aromatic rings. The Hall–Kier alpha value is -3.27. The number of carbonyl (C=O) groups excluding carboxylic acids is 2. The van der Waals surface area contributed by atoms with Gasteiger partial charge in [-0.1, -0.05) is 35.1 Å². The van der Waals surface area contributed by atoms with Gasteiger partial charge >= 0.3 is 0 Å². The van der Waals surface area contributed by atoms with E-state index in [1.807, 2.05) is 25.1 Å². The molecular formula is C22H17ClN4O3S2. The van der Waals surface area contributed by atoms with Crippen molar-refractivity contribution in [1.29, 1.82) is 0 Å². The number of rotatable bonds is 4. The van der Waals surface area contributed by atoms with Crippen LogP contribution in [0.1, 0.15) is 23.0 Å². The van der Waals surface area contributed by atoms with Crippen molar-refractivity contribution in [3.63, 3.8) is 0 Å². The van der Waals surface area contributed by atoms with Crippen LogP contribution in [0.2, 0.25) is 5.02 Å². The Bertz CT molecular complexity index is 1360. The number of aryl methyl sites for hydroxylation is 1. The van der Waals surface area contributed by atoms with Gasteiger partial charge < -0.3 is 15.1 Å². The second-order valence-corrected chi connectivity index (χ2v) is 8.76. The van der Waals surface area contributed by atoms with Crippen LogP contribution in [-0.2, 0) is 4.79 Å². The van der Waals surface area contributed by atoms with Crippen molar-refractivity contribution in [3.05, 3.63) is 64.9 Å². The fraction of sp³-hybridized carbons (Fsp3) is 0.0909. The van der Waals surface area contributed by atoms with Crippen LogP contribution in [0.5, 0.6) is 0 Å². The number of amides is 2. The van der Waals surface area contributed by atoms with Gasteiger partial charge in [-0.05, 0) is 61.1 Å². The van der Waals surface area contributed by atoms with Crippen LogP contribution < -0.4 is 16.0 Å². The van der Waals surface area contributed by atoms with Gasteiger partial charge in [0.05, 0.1) is 10.2 Å². The highest BCUT2D eigenvalue weighted by Crippen LogP contribution is 2.29. The van der Waals surface area contributed by atoms with Crippen LogP contribution in [0.4, 0.5) is 10.8 Å². The number of nitrogens with one attached hydrogen (secondary N) is 3. The molecule has 0 aliphatic heterocycles. The molecule has 2 amide bonds. The number of carbonyl (C=O) groups is 2. The zero-order chi connectivity index (χ0) is 22.8. The molecule has 0 fully saturated rings. The number of benzene rings is 2. The second-order valence-electron chi connectivity index (χ2n) is 6.92. The summed E-state index contributed by atoms with van der Waals surface area (Å²) in [6.45, 7) is 3.36. The van der Waals surface area contributed by atoms with Crippen molar-refractivity contribution < 1.29 is 14.0 Å². The van der Waals surface area contributed by atoms with E-state index in [9.17, 15) is 9.59 Å². The maximum atomic E-state index is 12.5. The molecule has 162 valence electrons. The van der Waals surface area contributed by atoms with Gasteiger partial charge in [0.1, 0.15) is 5.76 Å². The smallest absolute Gasteiger partial charge is 0.293 e. The van der Waals surface area contributed by atoms with Crippen LogP contribution in [0, 0.1) is 6.92 Å². The Morgan fingerprint density at radius 2 is 1.91 bits per heavy atom. The maximum absolute atomic E-state index is 12.5. The first kappa shape index (κ1) is 21.9. The molecule has 0 saturated carbocycles. The lowest BCUT2D eigenvalue weighted by Gasteiger charge is -2.05. The Balaban J connectivity index is 1.42. The molecule has 2 aromatic heterocycles. The summed E-state index contributed by atoms with van der Waals surface area (Å²) in [5.41, 5.74) is 3.15. The van der Waals surface area contributed by atoms with E-state index >= 15 is 0 Å². The fourth-order valence-electron chi connectivity index (χ4n) is 2.91. The molecule has 3 N–H and O–H groups in total. The summed E-state index contributed by atoms with van der Waals surface area (Å²) in [6, 6.07) is 14.2. The van der Waals surface area contributed by atoms with E-state index in [1.54, 1.807) is 30.3 Å². The monoisotopic (exact) mass is 484 g/mol. The summed E-state index contributed by atoms with van der Waals surface area (Å²) < 4.78 is 6.53. The molecule has 0 unspecified atom stereocenters. The molecule has 0 bridgehead atoms. The predicted octanol–water partition coefficient (Wildman–Crippen LogP) is 5.60. The standard InChI is InChI=1S/C22H17ClN4O3S2/c1-11-3-4-13(9-15(11)23)17-7-8-18(30-17)20(29)26-21(31)27-22-25-16-6-5-14(24-12(2)28)10-19(16)32-22/h3-10H,1-2H3,(H,24,28)(H2,25,26,27,29,31). The lowest BCUT2D eigenvalue weighted by atomic mass is 10.1. The SMILES string of the molecule is CC(=O)Nc1ccc2nc(NC(=S)NC(=O)c3ccc(-c4ccc(C)c(Cl)c4)o3)sc2c1. The van der Waals surface area contributed by atoms with Gasteiger partial charge in [0.25, 0.3) is 5.91 Å². The average molecular weight is 485 g/mol. The minimum absolute atomic E-state index is 0.0903. The maximum Gasteiger partial charge on any atom is 0.293 e. The Morgan fingerprint density at radius 1 is 1.09 bits per heavy atom. The third kappa shape index (κ3) is 4.96. The number of nitrogens with zero attached hydrogens (tertiary/aromatic N) is 1. The van der Waals surface area contributed by atoms with Crippen LogP contribution in [-0.4, -0.2) is 21.9 Å². The van der Waals surface area contributed by atoms with E-state index < -0.39 is 5.91 Å². The Morgan fingerprint density at radius 3 is 2.66 bits per heavy atom. The quantitative estimate of drug-likeness (QED) is 0.326. The minimum Gasteiger partial charge on any atom is -0.451 e. The lowest BCUT2D eigenvalue weighted by Crippen LogP contribution is -2.33. The van der Waals surface area contributed by atoms with E-state index in [0.717, 1.165) is 21.3 Å². The predicted molar refractivity (Wildman–Crippen MR) is 132 cm³/mol. The molecule has 0 atom stereocenters. The van der Waals surface area contributed by atoms with Gasteiger partial charge in [-0.25, -0.2) is 4.98 Å². The minimum atomic E-state index is -0.485. The zero-order valence-corrected chi connectivity index (χ0v) is 19.4. The van der Waals surface area contributed by atoms with E-state index in [2.05, 4.69) is 20.9 Å². The van der Waals surface area contributed by atoms with Gasteiger partial charge in [0.15, 0.2) is 16.0 Å². The van der Waals surface area contributed by atoms with Crippen molar-refractivity contribution >= 4 is 73.1 Å². The Labute approximate surface area is 197 Å². The van der Waals surface area contributed by atoms with E-state index in [-0.39, 0.29) is 16.8 Å². The molecule has 0 saturated heterocycles. The number of anilines is 2. The first-order valence-electron chi connectivity index (χ1n) is 9.45. The topological polar surface area (TPSA) is 96.3 Å². The highest BCUT2D eigenvalue weighted by Gasteiger charge is 2.15. The number of thiocarbonyl (C=S) groups is 1. The third-order valence-corrected chi connectivity index (χ3v) is 5.99. The van der Waals surface area contributed by atoms with E-state index in [1.165, 1.54) is 18.3 Å². The number of hydrogen-bond donors (Lipinski definition) is 3. The van der Waals surface area contributed by atoms with Crippen molar-refractivity contribution in [2.45, 2.75) is 13.8 Å². The number of fused-ring (bicyclic) bond motifs is 1. The van der Waals surface area contributed by atoms with Crippen LogP contribution >= 0.6 is 35.2 Å². The van der Waals surface area contributed by atoms with Crippen LogP contribution in [0.25, 0.3) is 21.5 Å². The summed E-state index contributed by atoms with van der Waals surface area (Å²) in [4.78, 5) is 28.2. The molecule has 0 aliphatic carbocycles. The third-order valence-electron chi connectivity index (χ3n) is 4.44.